The van der Waals surface area contributed by atoms with E-state index < -0.39 is 23.4 Å². The van der Waals surface area contributed by atoms with Crippen LogP contribution in [0, 0.1) is 11.3 Å². The Labute approximate surface area is 213 Å². The second-order valence-corrected chi connectivity index (χ2v) is 9.07. The van der Waals surface area contributed by atoms with Gasteiger partial charge in [0, 0.05) is 39.3 Å². The first-order valence-corrected chi connectivity index (χ1v) is 10.4. The third-order valence-corrected chi connectivity index (χ3v) is 6.02. The summed E-state index contributed by atoms with van der Waals surface area (Å²) in [6.45, 7) is 8.61. The smallest absolute Gasteiger partial charge is 1.00 e. The summed E-state index contributed by atoms with van der Waals surface area (Å²) in [5.74, 6) is -3.14. The summed E-state index contributed by atoms with van der Waals surface area (Å²) in [4.78, 5) is 39.6. The fourth-order valence-electron chi connectivity index (χ4n) is 3.95. The first kappa shape index (κ1) is 30.7. The Balaban J connectivity index is 0. The Bertz CT molecular complexity index is 687. The van der Waals surface area contributed by atoms with Gasteiger partial charge in [-0.2, -0.15) is 5.26 Å². The van der Waals surface area contributed by atoms with E-state index in [2.05, 4.69) is 6.07 Å². The van der Waals surface area contributed by atoms with E-state index in [1.165, 1.54) is 0 Å². The molecule has 0 spiro atoms. The Hall–Kier alpha value is -1.26. The van der Waals surface area contributed by atoms with Crippen molar-refractivity contribution in [3.8, 4) is 6.07 Å². The van der Waals surface area contributed by atoms with Crippen molar-refractivity contribution in [2.45, 2.75) is 26.3 Å². The van der Waals surface area contributed by atoms with Gasteiger partial charge in [0.05, 0.1) is 50.3 Å². The number of carbonyl (C=O) groups excluding carboxylic acids is 1. The van der Waals surface area contributed by atoms with Crippen LogP contribution in [0.25, 0.3) is 0 Å². The summed E-state index contributed by atoms with van der Waals surface area (Å²) in [5, 5.41) is 39.3. The van der Waals surface area contributed by atoms with Crippen LogP contribution < -0.4 is 34.7 Å². The van der Waals surface area contributed by atoms with Crippen LogP contribution in [0.3, 0.4) is 0 Å². The Kier molecular flexibility index (Phi) is 13.5. The van der Waals surface area contributed by atoms with Gasteiger partial charge in [0.2, 0.25) is 0 Å². The van der Waals surface area contributed by atoms with E-state index in [-0.39, 0.29) is 61.6 Å². The number of nitrogens with zero attached hydrogens (tertiary/aromatic N) is 5. The zero-order valence-electron chi connectivity index (χ0n) is 20.7. The van der Waals surface area contributed by atoms with E-state index in [1.54, 1.807) is 9.80 Å². The van der Waals surface area contributed by atoms with Gasteiger partial charge in [-0.1, -0.05) is 0 Å². The molecule has 1 aliphatic heterocycles. The van der Waals surface area contributed by atoms with Crippen molar-refractivity contribution in [3.05, 3.63) is 0 Å². The number of rotatable bonds is 7. The predicted octanol–water partition coefficient (Wildman–Crippen LogP) is -4.92. The van der Waals surface area contributed by atoms with Gasteiger partial charge in [-0.05, 0) is 20.8 Å². The second-order valence-electron chi connectivity index (χ2n) is 9.07. The Morgan fingerprint density at radius 2 is 1.34 bits per heavy atom. The average molecular weight is 466 g/mol. The number of carbonyl (C=O) groups is 3. The summed E-state index contributed by atoms with van der Waals surface area (Å²) >= 11 is 0. The molecule has 0 amide bonds. The van der Waals surface area contributed by atoms with E-state index >= 15 is 0 Å². The van der Waals surface area contributed by atoms with Crippen LogP contribution in [-0.2, 0) is 14.4 Å². The molecule has 1 heterocycles. The van der Waals surface area contributed by atoms with Crippen molar-refractivity contribution in [1.82, 2.24) is 14.7 Å². The largest absolute Gasteiger partial charge is 1.00 e. The third kappa shape index (κ3) is 10.6. The SMILES string of the molecule is CC(C)(C)[N+]1(CC(=O)[O-])CCN(CC#N)CCN(CC(=O)O)CCN(CC(=O)O)CC1.[H-].[Na+]. The summed E-state index contributed by atoms with van der Waals surface area (Å²) in [5.41, 5.74) is -0.452. The number of nitriles is 1. The topological polar surface area (TPSA) is 148 Å². The van der Waals surface area contributed by atoms with Crippen LogP contribution in [0.4, 0.5) is 0 Å². The van der Waals surface area contributed by atoms with E-state index in [0.29, 0.717) is 52.4 Å². The first-order chi connectivity index (χ1) is 14.4. The van der Waals surface area contributed by atoms with Crippen molar-refractivity contribution in [2.75, 3.05) is 78.5 Å². The molecule has 178 valence electrons. The standard InChI is InChI=1S/C20H35N5O6.Na.H/c1-20(2,3)25(16-19(30)31)12-10-22(5-4-21)6-7-23(14-17(26)27)8-9-24(11-13-25)15-18(28)29;;/h5-16H2,1-3H3,(H2-,26,27,28,29,30,31);;/q;+1;-1. The molecule has 0 aliphatic carbocycles. The Morgan fingerprint density at radius 1 is 0.938 bits per heavy atom. The van der Waals surface area contributed by atoms with Crippen molar-refractivity contribution in [1.29, 1.82) is 5.26 Å². The molecule has 1 saturated heterocycles. The van der Waals surface area contributed by atoms with Gasteiger partial charge in [-0.15, -0.1) is 0 Å². The van der Waals surface area contributed by atoms with Crippen LogP contribution in [0.15, 0.2) is 0 Å². The van der Waals surface area contributed by atoms with Gasteiger partial charge in [-0.25, -0.2) is 0 Å². The molecule has 32 heavy (non-hydrogen) atoms. The molecule has 0 aromatic heterocycles. The summed E-state index contributed by atoms with van der Waals surface area (Å²) < 4.78 is 0.187. The maximum Gasteiger partial charge on any atom is 1.00 e. The van der Waals surface area contributed by atoms with Gasteiger partial charge in [-0.3, -0.25) is 24.3 Å². The molecule has 1 rings (SSSR count). The van der Waals surface area contributed by atoms with Crippen molar-refractivity contribution in [2.24, 2.45) is 0 Å². The predicted molar refractivity (Wildman–Crippen MR) is 111 cm³/mol. The average Bonchev–Trinajstić information content (AvgIpc) is 2.61. The fraction of sp³-hybridized carbons (Fsp3) is 0.800. The maximum atomic E-state index is 11.6. The van der Waals surface area contributed by atoms with Gasteiger partial charge in [0.15, 0.2) is 0 Å². The molecule has 12 heteroatoms. The van der Waals surface area contributed by atoms with E-state index in [0.717, 1.165) is 0 Å². The molecular weight excluding hydrogens is 429 g/mol. The normalized spacial score (nSPS) is 22.6. The molecule has 0 bridgehead atoms. The van der Waals surface area contributed by atoms with Gasteiger partial charge >= 0.3 is 41.5 Å². The fourth-order valence-corrected chi connectivity index (χ4v) is 3.95. The zero-order valence-corrected chi connectivity index (χ0v) is 21.7. The van der Waals surface area contributed by atoms with E-state index in [9.17, 15) is 35.0 Å². The van der Waals surface area contributed by atoms with Crippen LogP contribution >= 0.6 is 0 Å². The van der Waals surface area contributed by atoms with Gasteiger partial charge in [0.25, 0.3) is 0 Å². The van der Waals surface area contributed by atoms with Crippen LogP contribution in [0.1, 0.15) is 22.2 Å². The third-order valence-electron chi connectivity index (χ3n) is 6.02. The minimum atomic E-state index is -1.17. The summed E-state index contributed by atoms with van der Waals surface area (Å²) in [7, 11) is 0. The number of quaternary nitrogens is 1. The minimum absolute atomic E-state index is 0. The first-order valence-electron chi connectivity index (χ1n) is 10.4. The quantitative estimate of drug-likeness (QED) is 0.213. The molecule has 1 unspecified atom stereocenters. The molecular formula is C20H36N5NaO6. The number of carboxylic acid groups (broad SMARTS) is 3. The number of carboxylic acids is 3. The van der Waals surface area contributed by atoms with Crippen molar-refractivity contribution < 1.29 is 65.2 Å². The molecule has 0 saturated carbocycles. The molecule has 0 aromatic rings. The summed E-state index contributed by atoms with van der Waals surface area (Å²) in [6.07, 6.45) is 0. The second kappa shape index (κ2) is 14.1. The van der Waals surface area contributed by atoms with E-state index in [1.807, 2.05) is 25.7 Å². The van der Waals surface area contributed by atoms with Crippen LogP contribution in [0.2, 0.25) is 0 Å². The van der Waals surface area contributed by atoms with Gasteiger partial charge < -0.3 is 26.0 Å². The van der Waals surface area contributed by atoms with Crippen LogP contribution in [0.5, 0.6) is 0 Å². The molecule has 0 radical (unpaired) electrons. The molecule has 1 aliphatic rings. The Morgan fingerprint density at radius 3 is 1.72 bits per heavy atom. The zero-order chi connectivity index (χ0) is 23.7. The number of hydrogen-bond donors (Lipinski definition) is 2. The maximum absolute atomic E-state index is 11.6. The molecule has 11 nitrogen and oxygen atoms in total. The van der Waals surface area contributed by atoms with E-state index in [4.69, 9.17) is 0 Å². The number of hydrogen-bond acceptors (Lipinski definition) is 8. The molecule has 0 aromatic carbocycles. The van der Waals surface area contributed by atoms with Crippen molar-refractivity contribution in [3.63, 3.8) is 0 Å². The monoisotopic (exact) mass is 465 g/mol. The molecule has 1 atom stereocenters. The number of aliphatic carboxylic acids is 3. The summed E-state index contributed by atoms with van der Waals surface area (Å²) in [6, 6.07) is 2.12. The molecule has 1 fully saturated rings. The minimum Gasteiger partial charge on any atom is -1.00 e. The molecule has 2 N–H and O–H groups in total. The van der Waals surface area contributed by atoms with Crippen LogP contribution in [-0.4, -0.2) is 131 Å². The van der Waals surface area contributed by atoms with Crippen molar-refractivity contribution >= 4 is 17.9 Å². The van der Waals surface area contributed by atoms with Gasteiger partial charge in [0.1, 0.15) is 6.54 Å².